The highest BCUT2D eigenvalue weighted by molar-refractivity contribution is 7.92. The molecule has 1 aromatic heterocycles. The molecule has 1 fully saturated rings. The molecule has 0 saturated heterocycles. The van der Waals surface area contributed by atoms with Crippen LogP contribution in [0, 0.1) is 11.7 Å². The monoisotopic (exact) mass is 636 g/mol. The lowest BCUT2D eigenvalue weighted by Gasteiger charge is -2.38. The predicted molar refractivity (Wildman–Crippen MR) is 165 cm³/mol. The van der Waals surface area contributed by atoms with Crippen molar-refractivity contribution in [2.24, 2.45) is 5.92 Å². The molecule has 42 heavy (non-hydrogen) atoms. The van der Waals surface area contributed by atoms with Crippen molar-refractivity contribution < 1.29 is 27.1 Å². The van der Waals surface area contributed by atoms with Crippen molar-refractivity contribution in [3.63, 3.8) is 0 Å². The summed E-state index contributed by atoms with van der Waals surface area (Å²) >= 11 is 6.83. The summed E-state index contributed by atoms with van der Waals surface area (Å²) in [4.78, 5) is 27.7. The van der Waals surface area contributed by atoms with Gasteiger partial charge in [0.1, 0.15) is 15.8 Å². The highest BCUT2D eigenvalue weighted by atomic mass is 35.5. The van der Waals surface area contributed by atoms with Gasteiger partial charge < -0.3 is 20.3 Å². The second-order valence-corrected chi connectivity index (χ2v) is 13.8. The molecule has 1 heterocycles. The SMILES string of the molecule is CC(C)CN(c1ccc(OCC(=O)NS(=O)(=O)c2cccs2)cc1NC(=O)Nc1ccc(Cl)cc1F)C1CCCCC1. The van der Waals surface area contributed by atoms with Crippen LogP contribution in [-0.4, -0.2) is 39.5 Å². The molecule has 3 aromatic rings. The molecular weight excluding hydrogens is 603 g/mol. The number of carbonyl (C=O) groups is 2. The summed E-state index contributed by atoms with van der Waals surface area (Å²) in [5.41, 5.74) is 1.12. The molecule has 4 rings (SSSR count). The molecule has 3 N–H and O–H groups in total. The highest BCUT2D eigenvalue weighted by Gasteiger charge is 2.25. The van der Waals surface area contributed by atoms with E-state index in [4.69, 9.17) is 16.3 Å². The molecule has 0 aliphatic heterocycles. The van der Waals surface area contributed by atoms with E-state index in [1.807, 2.05) is 10.8 Å². The summed E-state index contributed by atoms with van der Waals surface area (Å²) in [7, 11) is -3.99. The average molecular weight is 637 g/mol. The molecule has 0 unspecified atom stereocenters. The van der Waals surface area contributed by atoms with Crippen molar-refractivity contribution in [2.75, 3.05) is 28.7 Å². The maximum Gasteiger partial charge on any atom is 0.323 e. The Morgan fingerprint density at radius 2 is 1.81 bits per heavy atom. The van der Waals surface area contributed by atoms with Crippen molar-refractivity contribution in [1.82, 2.24) is 4.72 Å². The number of amides is 3. The maximum atomic E-state index is 14.4. The predicted octanol–water partition coefficient (Wildman–Crippen LogP) is 6.86. The first-order valence-corrected chi connectivity index (χ1v) is 16.4. The minimum absolute atomic E-state index is 0.0165. The van der Waals surface area contributed by atoms with Crippen LogP contribution >= 0.6 is 22.9 Å². The van der Waals surface area contributed by atoms with Crippen LogP contribution in [0.25, 0.3) is 0 Å². The number of nitrogens with one attached hydrogen (secondary N) is 3. The fourth-order valence-corrected chi connectivity index (χ4v) is 6.97. The largest absolute Gasteiger partial charge is 0.484 e. The van der Waals surface area contributed by atoms with Crippen molar-refractivity contribution >= 4 is 62.0 Å². The van der Waals surface area contributed by atoms with Gasteiger partial charge in [0, 0.05) is 23.7 Å². The molecule has 0 radical (unpaired) electrons. The van der Waals surface area contributed by atoms with E-state index in [0.29, 0.717) is 11.6 Å². The highest BCUT2D eigenvalue weighted by Crippen LogP contribution is 2.36. The lowest BCUT2D eigenvalue weighted by molar-refractivity contribution is -0.121. The second kappa shape index (κ2) is 14.2. The molecule has 2 aromatic carbocycles. The Balaban J connectivity index is 1.56. The average Bonchev–Trinajstić information content (AvgIpc) is 3.49. The van der Waals surface area contributed by atoms with Crippen LogP contribution in [0.1, 0.15) is 46.0 Å². The standard InChI is InChI=1S/C29H34ClFN4O5S2/c1-19(2)17-35(21-7-4-3-5-8-21)26-13-11-22(40-18-27(36)34-42(38,39)28-9-6-14-41-28)16-25(26)33-29(37)32-24-12-10-20(30)15-23(24)31/h6,9-16,19,21H,3-5,7-8,17-18H2,1-2H3,(H,34,36)(H2,32,33,37). The van der Waals surface area contributed by atoms with Gasteiger partial charge in [-0.2, -0.15) is 0 Å². The van der Waals surface area contributed by atoms with E-state index in [2.05, 4.69) is 29.4 Å². The van der Waals surface area contributed by atoms with Crippen molar-refractivity contribution in [2.45, 2.75) is 56.2 Å². The van der Waals surface area contributed by atoms with Crippen LogP contribution in [0.5, 0.6) is 5.75 Å². The van der Waals surface area contributed by atoms with Gasteiger partial charge in [-0.05, 0) is 60.5 Å². The van der Waals surface area contributed by atoms with Gasteiger partial charge in [0.2, 0.25) is 0 Å². The van der Waals surface area contributed by atoms with E-state index < -0.39 is 34.4 Å². The summed E-state index contributed by atoms with van der Waals surface area (Å²) < 4.78 is 46.7. The smallest absolute Gasteiger partial charge is 0.323 e. The van der Waals surface area contributed by atoms with Crippen LogP contribution in [-0.2, 0) is 14.8 Å². The number of hydrogen-bond donors (Lipinski definition) is 3. The van der Waals surface area contributed by atoms with Crippen LogP contribution < -0.4 is 25.0 Å². The minimum atomic E-state index is -3.99. The molecule has 1 saturated carbocycles. The van der Waals surface area contributed by atoms with Gasteiger partial charge in [-0.1, -0.05) is 50.8 Å². The van der Waals surface area contributed by atoms with Gasteiger partial charge in [0.15, 0.2) is 6.61 Å². The zero-order chi connectivity index (χ0) is 30.3. The van der Waals surface area contributed by atoms with Crippen LogP contribution in [0.4, 0.5) is 26.2 Å². The maximum absolute atomic E-state index is 14.4. The molecule has 0 bridgehead atoms. The number of benzene rings is 2. The quantitative estimate of drug-likeness (QED) is 0.212. The summed E-state index contributed by atoms with van der Waals surface area (Å²) in [5, 5.41) is 7.12. The molecular formula is C29H34ClFN4O5S2. The Morgan fingerprint density at radius 3 is 2.48 bits per heavy atom. The van der Waals surface area contributed by atoms with Gasteiger partial charge >= 0.3 is 6.03 Å². The van der Waals surface area contributed by atoms with E-state index >= 15 is 0 Å². The third-order valence-corrected chi connectivity index (χ3v) is 9.67. The zero-order valence-corrected chi connectivity index (χ0v) is 25.8. The van der Waals surface area contributed by atoms with E-state index in [1.54, 1.807) is 23.6 Å². The van der Waals surface area contributed by atoms with E-state index in [-0.39, 0.29) is 26.7 Å². The van der Waals surface area contributed by atoms with E-state index in [1.165, 1.54) is 24.6 Å². The third-order valence-electron chi connectivity index (χ3n) is 6.66. The fraction of sp³-hybridized carbons (Fsp3) is 0.379. The third kappa shape index (κ3) is 8.59. The second-order valence-electron chi connectivity index (χ2n) is 10.5. The molecule has 13 heteroatoms. The number of hydrogen-bond acceptors (Lipinski definition) is 7. The number of anilines is 3. The Bertz CT molecular complexity index is 1500. The lowest BCUT2D eigenvalue weighted by Crippen LogP contribution is -2.40. The number of urea groups is 1. The van der Waals surface area contributed by atoms with Crippen molar-refractivity contribution in [3.05, 3.63) is 64.8 Å². The molecule has 1 aliphatic carbocycles. The first-order valence-electron chi connectivity index (χ1n) is 13.7. The lowest BCUT2D eigenvalue weighted by atomic mass is 9.93. The topological polar surface area (TPSA) is 117 Å². The zero-order valence-electron chi connectivity index (χ0n) is 23.4. The normalized spacial score (nSPS) is 13.9. The number of halogens is 2. The number of sulfonamides is 1. The van der Waals surface area contributed by atoms with Gasteiger partial charge in [0.05, 0.1) is 17.1 Å². The molecule has 3 amide bonds. The van der Waals surface area contributed by atoms with Crippen molar-refractivity contribution in [3.8, 4) is 5.75 Å². The Labute approximate surface area is 254 Å². The van der Waals surface area contributed by atoms with Gasteiger partial charge in [0.25, 0.3) is 15.9 Å². The van der Waals surface area contributed by atoms with Crippen molar-refractivity contribution in [1.29, 1.82) is 0 Å². The van der Waals surface area contributed by atoms with Gasteiger partial charge in [-0.25, -0.2) is 22.3 Å². The molecule has 0 atom stereocenters. The molecule has 0 spiro atoms. The number of ether oxygens (including phenoxy) is 1. The van der Waals surface area contributed by atoms with Gasteiger partial charge in [-0.15, -0.1) is 11.3 Å². The number of carbonyl (C=O) groups excluding carboxylic acids is 2. The number of nitrogens with zero attached hydrogens (tertiary/aromatic N) is 1. The molecule has 226 valence electrons. The fourth-order valence-electron chi connectivity index (χ4n) is 4.85. The minimum Gasteiger partial charge on any atom is -0.484 e. The molecule has 9 nitrogen and oxygen atoms in total. The van der Waals surface area contributed by atoms with E-state index in [0.717, 1.165) is 55.3 Å². The number of rotatable bonds is 11. The Hall–Kier alpha value is -3.35. The summed E-state index contributed by atoms with van der Waals surface area (Å²) in [6, 6.07) is 11.6. The first kappa shape index (κ1) is 31.6. The summed E-state index contributed by atoms with van der Waals surface area (Å²) in [6.07, 6.45) is 5.45. The molecule has 1 aliphatic rings. The van der Waals surface area contributed by atoms with Crippen LogP contribution in [0.3, 0.4) is 0 Å². The van der Waals surface area contributed by atoms with Crippen LogP contribution in [0.15, 0.2) is 58.1 Å². The Morgan fingerprint density at radius 1 is 1.07 bits per heavy atom. The van der Waals surface area contributed by atoms with Crippen LogP contribution in [0.2, 0.25) is 5.02 Å². The first-order chi connectivity index (χ1) is 20.0. The van der Waals surface area contributed by atoms with E-state index in [9.17, 15) is 22.4 Å². The Kier molecular flexibility index (Phi) is 10.7. The summed E-state index contributed by atoms with van der Waals surface area (Å²) in [5.74, 6) is -0.950. The summed E-state index contributed by atoms with van der Waals surface area (Å²) in [6.45, 7) is 4.43. The number of thiophene rings is 1. The van der Waals surface area contributed by atoms with Gasteiger partial charge in [-0.3, -0.25) is 4.79 Å².